The van der Waals surface area contributed by atoms with Crippen LogP contribution in [0.3, 0.4) is 0 Å². The van der Waals surface area contributed by atoms with Crippen LogP contribution in [-0.2, 0) is 0 Å². The summed E-state index contributed by atoms with van der Waals surface area (Å²) in [5, 5.41) is 5.05. The summed E-state index contributed by atoms with van der Waals surface area (Å²) in [6.45, 7) is 0. The van der Waals surface area contributed by atoms with Gasteiger partial charge in [-0.15, -0.1) is 0 Å². The van der Waals surface area contributed by atoms with E-state index >= 15 is 0 Å². The quantitative estimate of drug-likeness (QED) is 0.343. The summed E-state index contributed by atoms with van der Waals surface area (Å²) in [6, 6.07) is 20.0. The molecule has 0 saturated carbocycles. The second-order valence-electron chi connectivity index (χ2n) is 8.26. The Morgan fingerprint density at radius 1 is 0.914 bits per heavy atom. The van der Waals surface area contributed by atoms with E-state index in [1.165, 1.54) is 0 Å². The smallest absolute Gasteiger partial charge is 0.306 e. The Morgan fingerprint density at radius 3 is 2.57 bits per heavy atom. The first-order chi connectivity index (χ1) is 17.1. The monoisotopic (exact) mass is 479 g/mol. The van der Waals surface area contributed by atoms with Crippen molar-refractivity contribution in [3.8, 4) is 33.6 Å². The molecule has 0 saturated heterocycles. The van der Waals surface area contributed by atoms with Gasteiger partial charge in [-0.3, -0.25) is 9.29 Å². The first-order valence-corrected chi connectivity index (χ1v) is 11.8. The number of benzene rings is 2. The molecule has 2 N–H and O–H groups in total. The maximum absolute atomic E-state index is 12.1. The van der Waals surface area contributed by atoms with Gasteiger partial charge < -0.3 is 9.97 Å². The predicted molar refractivity (Wildman–Crippen MR) is 139 cm³/mol. The maximum atomic E-state index is 12.1. The summed E-state index contributed by atoms with van der Waals surface area (Å²) >= 11 is 1.66. The zero-order valence-electron chi connectivity index (χ0n) is 19.1. The largest absolute Gasteiger partial charge is 0.323 e. The number of hydrogen-bond donors (Lipinski definition) is 2. The van der Waals surface area contributed by atoms with Crippen LogP contribution < -0.4 is 5.69 Å². The average molecular weight is 480 g/mol. The molecule has 35 heavy (non-hydrogen) atoms. The molecule has 6 aromatic rings. The molecule has 0 unspecified atom stereocenters. The molecule has 0 radical (unpaired) electrons. The van der Waals surface area contributed by atoms with Crippen LogP contribution in [0.5, 0.6) is 0 Å². The molecule has 0 bridgehead atoms. The van der Waals surface area contributed by atoms with E-state index in [1.807, 2.05) is 61.1 Å². The van der Waals surface area contributed by atoms with Crippen molar-refractivity contribution >= 4 is 28.6 Å². The fraction of sp³-hybridized carbons (Fsp3) is 0.0769. The number of imidazole rings is 1. The van der Waals surface area contributed by atoms with Gasteiger partial charge in [0.25, 0.3) is 0 Å². The minimum Gasteiger partial charge on any atom is -0.306 e. The fourth-order valence-corrected chi connectivity index (χ4v) is 5.05. The second kappa shape index (κ2) is 8.53. The molecule has 8 nitrogen and oxygen atoms in total. The minimum atomic E-state index is -0.252. The number of para-hydroxylation sites is 1. The van der Waals surface area contributed by atoms with Crippen molar-refractivity contribution in [3.05, 3.63) is 89.7 Å². The van der Waals surface area contributed by atoms with Crippen molar-refractivity contribution in [3.63, 3.8) is 0 Å². The maximum Gasteiger partial charge on any atom is 0.323 e. The van der Waals surface area contributed by atoms with Gasteiger partial charge in [0.2, 0.25) is 0 Å². The summed E-state index contributed by atoms with van der Waals surface area (Å²) in [5.41, 5.74) is 7.24. The SMILES string of the molecule is CN(C)Sc1cccc(-c2ccnc3c(-c4cccc5[nH]c(=O)[nH]c45)c(-c4ccncc4)nn23)c1. The van der Waals surface area contributed by atoms with E-state index in [-0.39, 0.29) is 5.69 Å². The highest BCUT2D eigenvalue weighted by atomic mass is 32.2. The third-order valence-electron chi connectivity index (χ3n) is 5.71. The van der Waals surface area contributed by atoms with Crippen LogP contribution in [0.25, 0.3) is 50.3 Å². The Bertz CT molecular complexity index is 1730. The van der Waals surface area contributed by atoms with E-state index < -0.39 is 0 Å². The molecule has 0 spiro atoms. The molecule has 0 aliphatic carbocycles. The lowest BCUT2D eigenvalue weighted by Gasteiger charge is -2.10. The molecular formula is C26H21N7OS. The zero-order chi connectivity index (χ0) is 23.9. The highest BCUT2D eigenvalue weighted by molar-refractivity contribution is 7.97. The third kappa shape index (κ3) is 3.80. The van der Waals surface area contributed by atoms with E-state index in [9.17, 15) is 4.79 Å². The molecule has 0 aliphatic heterocycles. The predicted octanol–water partition coefficient (Wildman–Crippen LogP) is 4.86. The van der Waals surface area contributed by atoms with Crippen molar-refractivity contribution in [1.29, 1.82) is 0 Å². The lowest BCUT2D eigenvalue weighted by molar-refractivity contribution is 0.702. The zero-order valence-corrected chi connectivity index (χ0v) is 19.9. The Morgan fingerprint density at radius 2 is 1.74 bits per heavy atom. The van der Waals surface area contributed by atoms with Crippen LogP contribution >= 0.6 is 11.9 Å². The number of nitrogens with one attached hydrogen (secondary N) is 2. The lowest BCUT2D eigenvalue weighted by atomic mass is 10.0. The Labute approximate surface area is 204 Å². The van der Waals surface area contributed by atoms with E-state index in [1.54, 1.807) is 30.5 Å². The lowest BCUT2D eigenvalue weighted by Crippen LogP contribution is -1.99. The number of hydrogen-bond acceptors (Lipinski definition) is 6. The third-order valence-corrected chi connectivity index (χ3v) is 6.54. The average Bonchev–Trinajstić information content (AvgIpc) is 3.44. The van der Waals surface area contributed by atoms with Crippen molar-refractivity contribution in [2.24, 2.45) is 0 Å². The summed E-state index contributed by atoms with van der Waals surface area (Å²) < 4.78 is 3.95. The van der Waals surface area contributed by atoms with E-state index in [4.69, 9.17) is 10.1 Å². The molecule has 172 valence electrons. The summed E-state index contributed by atoms with van der Waals surface area (Å²) in [4.78, 5) is 27.9. The molecule has 4 aromatic heterocycles. The van der Waals surface area contributed by atoms with E-state index in [0.717, 1.165) is 49.6 Å². The molecule has 4 heterocycles. The molecule has 0 atom stereocenters. The molecule has 6 rings (SSSR count). The summed E-state index contributed by atoms with van der Waals surface area (Å²) in [5.74, 6) is 0. The normalized spacial score (nSPS) is 11.6. The van der Waals surface area contributed by atoms with Gasteiger partial charge in [-0.2, -0.15) is 5.10 Å². The van der Waals surface area contributed by atoms with Gasteiger partial charge >= 0.3 is 5.69 Å². The molecule has 0 fully saturated rings. The molecule has 2 aromatic carbocycles. The van der Waals surface area contributed by atoms with Gasteiger partial charge in [0, 0.05) is 40.2 Å². The first kappa shape index (κ1) is 21.3. The van der Waals surface area contributed by atoms with Gasteiger partial charge in [0.05, 0.1) is 22.3 Å². The van der Waals surface area contributed by atoms with Crippen LogP contribution in [0, 0.1) is 0 Å². The van der Waals surface area contributed by atoms with Crippen molar-refractivity contribution in [1.82, 2.24) is 33.9 Å². The van der Waals surface area contributed by atoms with Crippen LogP contribution in [0.2, 0.25) is 0 Å². The van der Waals surface area contributed by atoms with Crippen molar-refractivity contribution in [2.75, 3.05) is 14.1 Å². The van der Waals surface area contributed by atoms with Gasteiger partial charge in [-0.05, 0) is 62.4 Å². The second-order valence-corrected chi connectivity index (χ2v) is 9.65. The number of aromatic nitrogens is 6. The topological polar surface area (TPSA) is 95.0 Å². The Balaban J connectivity index is 1.66. The summed E-state index contributed by atoms with van der Waals surface area (Å²) in [7, 11) is 4.05. The van der Waals surface area contributed by atoms with Gasteiger partial charge in [-0.1, -0.05) is 24.3 Å². The van der Waals surface area contributed by atoms with Gasteiger partial charge in [0.15, 0.2) is 5.65 Å². The number of fused-ring (bicyclic) bond motifs is 2. The fourth-order valence-electron chi connectivity index (χ4n) is 4.31. The van der Waals surface area contributed by atoms with Crippen LogP contribution in [0.15, 0.2) is 88.9 Å². The highest BCUT2D eigenvalue weighted by Crippen LogP contribution is 2.38. The van der Waals surface area contributed by atoms with Gasteiger partial charge in [-0.25, -0.2) is 14.3 Å². The standard InChI is InChI=1S/C26H21N7OS/c1-32(2)35-18-6-3-5-17(15-18)21-11-14-28-25-22(19-7-4-8-20-24(19)30-26(34)29-20)23(31-33(21)25)16-9-12-27-13-10-16/h3-15H,1-2H3,(H2,29,30,34). The molecule has 0 amide bonds. The van der Waals surface area contributed by atoms with Crippen molar-refractivity contribution < 1.29 is 0 Å². The Kier molecular flexibility index (Phi) is 5.20. The minimum absolute atomic E-state index is 0.252. The number of aromatic amines is 2. The number of rotatable bonds is 5. The first-order valence-electron chi connectivity index (χ1n) is 11.0. The van der Waals surface area contributed by atoms with E-state index in [2.05, 4.69) is 37.5 Å². The van der Waals surface area contributed by atoms with Crippen LogP contribution in [0.4, 0.5) is 0 Å². The van der Waals surface area contributed by atoms with Crippen LogP contribution in [0.1, 0.15) is 0 Å². The number of nitrogens with zero attached hydrogens (tertiary/aromatic N) is 5. The Hall–Kier alpha value is -4.21. The molecule has 0 aliphatic rings. The van der Waals surface area contributed by atoms with E-state index in [0.29, 0.717) is 5.65 Å². The number of H-pyrrole nitrogens is 2. The highest BCUT2D eigenvalue weighted by Gasteiger charge is 2.22. The van der Waals surface area contributed by atoms with Crippen molar-refractivity contribution in [2.45, 2.75) is 4.90 Å². The molecular weight excluding hydrogens is 458 g/mol. The number of pyridine rings is 1. The van der Waals surface area contributed by atoms with Gasteiger partial charge in [0.1, 0.15) is 5.69 Å². The van der Waals surface area contributed by atoms with Crippen LogP contribution in [-0.4, -0.2) is 48.0 Å². The molecule has 9 heteroatoms. The summed E-state index contributed by atoms with van der Waals surface area (Å²) in [6.07, 6.45) is 5.30.